The van der Waals surface area contributed by atoms with Crippen molar-refractivity contribution in [2.75, 3.05) is 0 Å². The molecule has 1 aliphatic carbocycles. The van der Waals surface area contributed by atoms with Crippen molar-refractivity contribution in [1.82, 2.24) is 14.3 Å². The average molecular weight is 263 g/mol. The second-order valence-corrected chi connectivity index (χ2v) is 5.73. The molecular weight excluding hydrogens is 242 g/mol. The van der Waals surface area contributed by atoms with E-state index in [2.05, 4.69) is 5.10 Å². The Morgan fingerprint density at radius 3 is 2.79 bits per heavy atom. The number of fused-ring (bicyclic) bond motifs is 1. The Hall–Kier alpha value is -1.39. The molecule has 1 saturated carbocycles. The van der Waals surface area contributed by atoms with E-state index < -0.39 is 0 Å². The van der Waals surface area contributed by atoms with Crippen molar-refractivity contribution < 1.29 is 4.79 Å². The van der Waals surface area contributed by atoms with Crippen molar-refractivity contribution >= 4 is 5.78 Å². The van der Waals surface area contributed by atoms with Crippen LogP contribution in [0.1, 0.15) is 50.8 Å². The third-order valence-electron chi connectivity index (χ3n) is 4.40. The number of nitrogens with zero attached hydrogens (tertiary/aromatic N) is 3. The number of aromatic nitrogens is 3. The topological polar surface area (TPSA) is 56.9 Å². The van der Waals surface area contributed by atoms with Crippen LogP contribution in [0.25, 0.3) is 0 Å². The van der Waals surface area contributed by atoms with Gasteiger partial charge in [0.2, 0.25) is 0 Å². The SMILES string of the molecule is O=C1CCCC1CCn1nc2n(c1=O)CCCCC2. The zero-order chi connectivity index (χ0) is 13.2. The number of hydrogen-bond acceptors (Lipinski definition) is 3. The number of rotatable bonds is 3. The van der Waals surface area contributed by atoms with Crippen LogP contribution < -0.4 is 5.69 Å². The molecule has 0 saturated heterocycles. The summed E-state index contributed by atoms with van der Waals surface area (Å²) in [6.45, 7) is 1.39. The first-order valence-corrected chi connectivity index (χ1v) is 7.45. The largest absolute Gasteiger partial charge is 0.345 e. The molecule has 0 N–H and O–H groups in total. The molecule has 1 fully saturated rings. The Kier molecular flexibility index (Phi) is 3.53. The van der Waals surface area contributed by atoms with Crippen LogP contribution in [0.4, 0.5) is 0 Å². The quantitative estimate of drug-likeness (QED) is 0.831. The molecule has 2 aliphatic rings. The number of carbonyl (C=O) groups excluding carboxylic acids is 1. The van der Waals surface area contributed by atoms with Gasteiger partial charge < -0.3 is 0 Å². The third kappa shape index (κ3) is 2.51. The summed E-state index contributed by atoms with van der Waals surface area (Å²) in [4.78, 5) is 23.8. The molecule has 5 heteroatoms. The van der Waals surface area contributed by atoms with Crippen LogP contribution in [0.3, 0.4) is 0 Å². The number of ketones is 1. The summed E-state index contributed by atoms with van der Waals surface area (Å²) in [6.07, 6.45) is 7.77. The van der Waals surface area contributed by atoms with Crippen molar-refractivity contribution in [2.45, 2.75) is 64.5 Å². The van der Waals surface area contributed by atoms with Gasteiger partial charge in [0.05, 0.1) is 0 Å². The molecule has 1 unspecified atom stereocenters. The smallest absolute Gasteiger partial charge is 0.299 e. The van der Waals surface area contributed by atoms with E-state index in [0.29, 0.717) is 12.3 Å². The molecule has 1 aliphatic heterocycles. The second kappa shape index (κ2) is 5.31. The van der Waals surface area contributed by atoms with Crippen molar-refractivity contribution in [1.29, 1.82) is 0 Å². The standard InChI is InChI=1S/C14H21N3O2/c18-12-6-4-5-11(12)8-10-17-14(19)16-9-3-1-2-7-13(16)15-17/h11H,1-10H2. The summed E-state index contributed by atoms with van der Waals surface area (Å²) in [6, 6.07) is 0. The lowest BCUT2D eigenvalue weighted by atomic mass is 10.0. The van der Waals surface area contributed by atoms with Crippen molar-refractivity contribution in [3.63, 3.8) is 0 Å². The fourth-order valence-electron chi connectivity index (χ4n) is 3.24. The van der Waals surface area contributed by atoms with Gasteiger partial charge in [0.15, 0.2) is 0 Å². The Bertz CT molecular complexity index is 529. The molecule has 3 rings (SSSR count). The Labute approximate surface area is 112 Å². The van der Waals surface area contributed by atoms with Gasteiger partial charge in [0, 0.05) is 31.8 Å². The lowest BCUT2D eigenvalue weighted by molar-refractivity contribution is -0.120. The van der Waals surface area contributed by atoms with Gasteiger partial charge in [0.25, 0.3) is 0 Å². The molecule has 0 radical (unpaired) electrons. The first-order chi connectivity index (χ1) is 9.25. The van der Waals surface area contributed by atoms with Gasteiger partial charge in [-0.3, -0.25) is 9.36 Å². The van der Waals surface area contributed by atoms with Crippen molar-refractivity contribution in [3.8, 4) is 0 Å². The second-order valence-electron chi connectivity index (χ2n) is 5.73. The Balaban J connectivity index is 1.71. The zero-order valence-electron chi connectivity index (χ0n) is 11.3. The highest BCUT2D eigenvalue weighted by molar-refractivity contribution is 5.82. The molecule has 0 amide bonds. The molecule has 1 aromatic rings. The van der Waals surface area contributed by atoms with Gasteiger partial charge in [-0.2, -0.15) is 5.10 Å². The highest BCUT2D eigenvalue weighted by Crippen LogP contribution is 2.24. The molecule has 0 bridgehead atoms. The molecule has 0 spiro atoms. The molecule has 1 atom stereocenters. The molecule has 19 heavy (non-hydrogen) atoms. The summed E-state index contributed by atoms with van der Waals surface area (Å²) in [5.41, 5.74) is 0.0161. The van der Waals surface area contributed by atoms with Crippen molar-refractivity contribution in [3.05, 3.63) is 16.3 Å². The van der Waals surface area contributed by atoms with Crippen LogP contribution in [0.2, 0.25) is 0 Å². The molecular formula is C14H21N3O2. The highest BCUT2D eigenvalue weighted by Gasteiger charge is 2.24. The predicted octanol–water partition coefficient (Wildman–Crippen LogP) is 1.53. The van der Waals surface area contributed by atoms with Gasteiger partial charge in [-0.15, -0.1) is 0 Å². The minimum absolute atomic E-state index is 0.0161. The lowest BCUT2D eigenvalue weighted by Gasteiger charge is -2.06. The van der Waals surface area contributed by atoms with E-state index in [1.165, 1.54) is 6.42 Å². The van der Waals surface area contributed by atoms with Crippen LogP contribution >= 0.6 is 0 Å². The van der Waals surface area contributed by atoms with E-state index in [1.54, 1.807) is 4.68 Å². The maximum Gasteiger partial charge on any atom is 0.345 e. The number of Topliss-reactive ketones (excluding diaryl/α,β-unsaturated/α-hetero) is 1. The highest BCUT2D eigenvalue weighted by atomic mass is 16.2. The van der Waals surface area contributed by atoms with Crippen LogP contribution in [-0.2, 0) is 24.3 Å². The van der Waals surface area contributed by atoms with Crippen LogP contribution in [0, 0.1) is 5.92 Å². The Morgan fingerprint density at radius 2 is 2.00 bits per heavy atom. The van der Waals surface area contributed by atoms with Gasteiger partial charge >= 0.3 is 5.69 Å². The van der Waals surface area contributed by atoms with Crippen LogP contribution in [-0.4, -0.2) is 20.1 Å². The van der Waals surface area contributed by atoms with E-state index in [-0.39, 0.29) is 11.6 Å². The summed E-state index contributed by atoms with van der Waals surface area (Å²) in [5.74, 6) is 1.46. The van der Waals surface area contributed by atoms with E-state index in [4.69, 9.17) is 0 Å². The first-order valence-electron chi connectivity index (χ1n) is 7.45. The molecule has 104 valence electrons. The number of aryl methyl sites for hydroxylation is 2. The predicted molar refractivity (Wildman–Crippen MR) is 71.0 cm³/mol. The normalized spacial score (nSPS) is 23.4. The lowest BCUT2D eigenvalue weighted by Crippen LogP contribution is -2.26. The minimum atomic E-state index is 0.0161. The van der Waals surface area contributed by atoms with Gasteiger partial charge in [-0.1, -0.05) is 6.42 Å². The van der Waals surface area contributed by atoms with E-state index >= 15 is 0 Å². The maximum absolute atomic E-state index is 12.2. The van der Waals surface area contributed by atoms with E-state index in [0.717, 1.165) is 57.3 Å². The molecule has 0 aromatic carbocycles. The van der Waals surface area contributed by atoms with Crippen LogP contribution in [0.5, 0.6) is 0 Å². The minimum Gasteiger partial charge on any atom is -0.299 e. The fourth-order valence-corrected chi connectivity index (χ4v) is 3.24. The fraction of sp³-hybridized carbons (Fsp3) is 0.786. The van der Waals surface area contributed by atoms with Crippen molar-refractivity contribution in [2.24, 2.45) is 5.92 Å². The van der Waals surface area contributed by atoms with E-state index in [1.807, 2.05) is 4.57 Å². The Morgan fingerprint density at radius 1 is 1.11 bits per heavy atom. The monoisotopic (exact) mass is 263 g/mol. The van der Waals surface area contributed by atoms with Gasteiger partial charge in [-0.05, 0) is 32.1 Å². The summed E-state index contributed by atoms with van der Waals surface area (Å²) < 4.78 is 3.40. The number of carbonyl (C=O) groups is 1. The summed E-state index contributed by atoms with van der Waals surface area (Å²) in [7, 11) is 0. The zero-order valence-corrected chi connectivity index (χ0v) is 11.3. The third-order valence-corrected chi connectivity index (χ3v) is 4.40. The van der Waals surface area contributed by atoms with Gasteiger partial charge in [0.1, 0.15) is 11.6 Å². The number of hydrogen-bond donors (Lipinski definition) is 0. The summed E-state index contributed by atoms with van der Waals surface area (Å²) >= 11 is 0. The van der Waals surface area contributed by atoms with Crippen LogP contribution in [0.15, 0.2) is 4.79 Å². The average Bonchev–Trinajstić information content (AvgIpc) is 2.84. The summed E-state index contributed by atoms with van der Waals surface area (Å²) in [5, 5.41) is 4.45. The molecule has 2 heterocycles. The first kappa shape index (κ1) is 12.6. The van der Waals surface area contributed by atoms with Gasteiger partial charge in [-0.25, -0.2) is 9.48 Å². The molecule has 1 aromatic heterocycles. The maximum atomic E-state index is 12.2. The molecule has 5 nitrogen and oxygen atoms in total. The van der Waals surface area contributed by atoms with E-state index in [9.17, 15) is 9.59 Å².